The van der Waals surface area contributed by atoms with Crippen LogP contribution in [0.1, 0.15) is 24.6 Å². The maximum Gasteiger partial charge on any atom is 0.232 e. The lowest BCUT2D eigenvalue weighted by Gasteiger charge is -2.06. The second-order valence-corrected chi connectivity index (χ2v) is 5.35. The quantitative estimate of drug-likeness (QED) is 0.788. The molecule has 1 heterocycles. The average Bonchev–Trinajstić information content (AvgIpc) is 2.48. The minimum absolute atomic E-state index is 0.495. The van der Waals surface area contributed by atoms with Gasteiger partial charge in [0.05, 0.1) is 18.1 Å². The molecule has 0 saturated heterocycles. The van der Waals surface area contributed by atoms with Crippen molar-refractivity contribution in [2.45, 2.75) is 26.5 Å². The fourth-order valence-electron chi connectivity index (χ4n) is 1.64. The summed E-state index contributed by atoms with van der Waals surface area (Å²) in [7, 11) is 0. The topological polar surface area (TPSA) is 47.0 Å². The predicted molar refractivity (Wildman–Crippen MR) is 82.5 cm³/mol. The summed E-state index contributed by atoms with van der Waals surface area (Å²) < 4.78 is 6.66. The van der Waals surface area contributed by atoms with Crippen LogP contribution in [0.15, 0.2) is 41.1 Å². The molecule has 2 rings (SSSR count). The van der Waals surface area contributed by atoms with E-state index < -0.39 is 0 Å². The first-order valence-electron chi connectivity index (χ1n) is 6.67. The lowest BCUT2D eigenvalue weighted by atomic mass is 10.2. The van der Waals surface area contributed by atoms with E-state index in [9.17, 15) is 0 Å². The molecule has 0 spiro atoms. The fraction of sp³-hybridized carbons (Fsp3) is 0.333. The molecule has 1 aromatic carbocycles. The van der Waals surface area contributed by atoms with E-state index in [1.165, 1.54) is 0 Å². The van der Waals surface area contributed by atoms with Gasteiger partial charge in [0.2, 0.25) is 5.88 Å². The van der Waals surface area contributed by atoms with Crippen molar-refractivity contribution in [1.29, 1.82) is 0 Å². The average molecular weight is 336 g/mol. The first kappa shape index (κ1) is 14.9. The number of benzene rings is 1. The largest absolute Gasteiger partial charge is 0.472 e. The van der Waals surface area contributed by atoms with Crippen LogP contribution in [0.2, 0.25) is 0 Å². The molecule has 0 saturated carbocycles. The third-order valence-electron chi connectivity index (χ3n) is 2.71. The molecular weight excluding hydrogens is 318 g/mol. The van der Waals surface area contributed by atoms with Crippen LogP contribution >= 0.6 is 15.9 Å². The number of aromatic nitrogens is 2. The van der Waals surface area contributed by atoms with Gasteiger partial charge in [-0.05, 0) is 30.7 Å². The maximum atomic E-state index is 5.60. The summed E-state index contributed by atoms with van der Waals surface area (Å²) >= 11 is 3.41. The van der Waals surface area contributed by atoms with Gasteiger partial charge in [0.15, 0.2) is 0 Å². The highest BCUT2D eigenvalue weighted by molar-refractivity contribution is 9.10. The van der Waals surface area contributed by atoms with Gasteiger partial charge in [0.1, 0.15) is 6.61 Å². The zero-order valence-electron chi connectivity index (χ0n) is 11.5. The summed E-state index contributed by atoms with van der Waals surface area (Å²) in [6, 6.07) is 8.01. The Hall–Kier alpha value is -1.46. The fourth-order valence-corrected chi connectivity index (χ4v) is 1.90. The minimum atomic E-state index is 0.495. The standard InChI is InChI=1S/C15H18BrN3O/c1-2-7-17-8-14-9-19-15(10-18-14)20-11-12-3-5-13(16)6-4-12/h3-6,9-10,17H,2,7-8,11H2,1H3. The van der Waals surface area contributed by atoms with Crippen LogP contribution in [0.5, 0.6) is 5.88 Å². The molecule has 0 unspecified atom stereocenters. The monoisotopic (exact) mass is 335 g/mol. The van der Waals surface area contributed by atoms with Crippen molar-refractivity contribution < 1.29 is 4.74 Å². The highest BCUT2D eigenvalue weighted by atomic mass is 79.9. The third-order valence-corrected chi connectivity index (χ3v) is 3.24. The molecule has 5 heteroatoms. The van der Waals surface area contributed by atoms with Gasteiger partial charge >= 0.3 is 0 Å². The second kappa shape index (κ2) is 7.97. The summed E-state index contributed by atoms with van der Waals surface area (Å²) in [4.78, 5) is 8.58. The molecule has 1 aromatic heterocycles. The Bertz CT molecular complexity index is 514. The zero-order valence-corrected chi connectivity index (χ0v) is 13.1. The van der Waals surface area contributed by atoms with Gasteiger partial charge in [0.25, 0.3) is 0 Å². The molecular formula is C15H18BrN3O. The first-order valence-corrected chi connectivity index (χ1v) is 7.46. The maximum absolute atomic E-state index is 5.60. The molecule has 0 amide bonds. The van der Waals surface area contributed by atoms with Crippen molar-refractivity contribution in [2.24, 2.45) is 0 Å². The molecule has 0 fully saturated rings. The molecule has 0 aliphatic rings. The van der Waals surface area contributed by atoms with Gasteiger partial charge in [-0.1, -0.05) is 35.0 Å². The Balaban J connectivity index is 1.82. The Labute approximate surface area is 127 Å². The highest BCUT2D eigenvalue weighted by Gasteiger charge is 2.00. The SMILES string of the molecule is CCCNCc1cnc(OCc2ccc(Br)cc2)cn1. The van der Waals surface area contributed by atoms with Gasteiger partial charge in [0, 0.05) is 11.0 Å². The summed E-state index contributed by atoms with van der Waals surface area (Å²) in [5.74, 6) is 0.548. The molecule has 0 aliphatic heterocycles. The van der Waals surface area contributed by atoms with Gasteiger partial charge in [-0.15, -0.1) is 0 Å². The second-order valence-electron chi connectivity index (χ2n) is 4.44. The number of nitrogens with one attached hydrogen (secondary N) is 1. The van der Waals surface area contributed by atoms with Crippen molar-refractivity contribution in [3.63, 3.8) is 0 Å². The van der Waals surface area contributed by atoms with Gasteiger partial charge in [-0.25, -0.2) is 4.98 Å². The van der Waals surface area contributed by atoms with Crippen molar-refractivity contribution in [1.82, 2.24) is 15.3 Å². The van der Waals surface area contributed by atoms with E-state index in [1.54, 1.807) is 12.4 Å². The predicted octanol–water partition coefficient (Wildman–Crippen LogP) is 3.32. The lowest BCUT2D eigenvalue weighted by molar-refractivity contribution is 0.292. The van der Waals surface area contributed by atoms with E-state index in [2.05, 4.69) is 38.1 Å². The van der Waals surface area contributed by atoms with E-state index in [1.807, 2.05) is 24.3 Å². The lowest BCUT2D eigenvalue weighted by Crippen LogP contribution is -2.15. The van der Waals surface area contributed by atoms with Gasteiger partial charge in [-0.3, -0.25) is 4.98 Å². The van der Waals surface area contributed by atoms with Crippen LogP contribution in [-0.2, 0) is 13.2 Å². The number of hydrogen-bond donors (Lipinski definition) is 1. The highest BCUT2D eigenvalue weighted by Crippen LogP contribution is 2.12. The first-order chi connectivity index (χ1) is 9.78. The van der Waals surface area contributed by atoms with Crippen LogP contribution in [-0.4, -0.2) is 16.5 Å². The summed E-state index contributed by atoms with van der Waals surface area (Å²) in [6.45, 7) is 4.37. The normalized spacial score (nSPS) is 10.5. The van der Waals surface area contributed by atoms with E-state index in [-0.39, 0.29) is 0 Å². The van der Waals surface area contributed by atoms with E-state index in [0.717, 1.165) is 35.2 Å². The Morgan fingerprint density at radius 3 is 2.60 bits per heavy atom. The number of ether oxygens (including phenoxy) is 1. The van der Waals surface area contributed by atoms with Crippen molar-refractivity contribution in [3.8, 4) is 5.88 Å². The zero-order chi connectivity index (χ0) is 14.2. The van der Waals surface area contributed by atoms with Crippen LogP contribution in [0.4, 0.5) is 0 Å². The van der Waals surface area contributed by atoms with Crippen molar-refractivity contribution in [2.75, 3.05) is 6.54 Å². The molecule has 1 N–H and O–H groups in total. The van der Waals surface area contributed by atoms with Gasteiger partial charge in [-0.2, -0.15) is 0 Å². The molecule has 0 radical (unpaired) electrons. The molecule has 0 bridgehead atoms. The molecule has 2 aromatic rings. The molecule has 0 aliphatic carbocycles. The number of halogens is 1. The Kier molecular flexibility index (Phi) is 5.95. The van der Waals surface area contributed by atoms with Crippen molar-refractivity contribution >= 4 is 15.9 Å². The molecule has 106 valence electrons. The van der Waals surface area contributed by atoms with Crippen LogP contribution < -0.4 is 10.1 Å². The Morgan fingerprint density at radius 1 is 1.15 bits per heavy atom. The number of nitrogens with zero attached hydrogens (tertiary/aromatic N) is 2. The Morgan fingerprint density at radius 2 is 1.95 bits per heavy atom. The molecule has 20 heavy (non-hydrogen) atoms. The van der Waals surface area contributed by atoms with E-state index >= 15 is 0 Å². The minimum Gasteiger partial charge on any atom is -0.472 e. The van der Waals surface area contributed by atoms with Gasteiger partial charge < -0.3 is 10.1 Å². The van der Waals surface area contributed by atoms with E-state index in [0.29, 0.717) is 12.5 Å². The molecule has 0 atom stereocenters. The van der Waals surface area contributed by atoms with Crippen LogP contribution in [0, 0.1) is 0 Å². The van der Waals surface area contributed by atoms with Crippen molar-refractivity contribution in [3.05, 3.63) is 52.4 Å². The summed E-state index contributed by atoms with van der Waals surface area (Å²) in [6.07, 6.45) is 4.53. The summed E-state index contributed by atoms with van der Waals surface area (Å²) in [5, 5.41) is 3.29. The van der Waals surface area contributed by atoms with Crippen LogP contribution in [0.3, 0.4) is 0 Å². The van der Waals surface area contributed by atoms with E-state index in [4.69, 9.17) is 4.74 Å². The third kappa shape index (κ3) is 4.90. The molecule has 4 nitrogen and oxygen atoms in total. The number of hydrogen-bond acceptors (Lipinski definition) is 4. The smallest absolute Gasteiger partial charge is 0.232 e. The number of rotatable bonds is 7. The van der Waals surface area contributed by atoms with Crippen LogP contribution in [0.25, 0.3) is 0 Å². The summed E-state index contributed by atoms with van der Waals surface area (Å²) in [5.41, 5.74) is 2.03.